The third-order valence-electron chi connectivity index (χ3n) is 5.81. The molecule has 1 unspecified atom stereocenters. The lowest BCUT2D eigenvalue weighted by Crippen LogP contribution is -2.61. The van der Waals surface area contributed by atoms with Gasteiger partial charge in [0.25, 0.3) is 5.91 Å². The van der Waals surface area contributed by atoms with Gasteiger partial charge in [-0.2, -0.15) is 0 Å². The number of fused-ring (bicyclic) bond motifs is 1. The molecule has 1 aromatic rings. The van der Waals surface area contributed by atoms with E-state index in [1.54, 1.807) is 6.07 Å². The molecule has 1 heterocycles. The summed E-state index contributed by atoms with van der Waals surface area (Å²) >= 11 is 0. The number of hydrogen-bond acceptors (Lipinski definition) is 3. The van der Waals surface area contributed by atoms with Crippen molar-refractivity contribution in [2.75, 3.05) is 27.2 Å². The van der Waals surface area contributed by atoms with E-state index in [1.165, 1.54) is 0 Å². The van der Waals surface area contributed by atoms with Crippen LogP contribution in [0.15, 0.2) is 24.3 Å². The first-order valence-corrected chi connectivity index (χ1v) is 9.26. The molecule has 1 amide bonds. The van der Waals surface area contributed by atoms with E-state index in [0.717, 1.165) is 45.1 Å². The molecule has 0 saturated heterocycles. The van der Waals surface area contributed by atoms with Gasteiger partial charge in [-0.1, -0.05) is 43.9 Å². The second-order valence-corrected chi connectivity index (χ2v) is 7.64. The molecule has 1 aromatic carbocycles. The van der Waals surface area contributed by atoms with Gasteiger partial charge in [0.1, 0.15) is 5.92 Å². The quantitative estimate of drug-likeness (QED) is 0.912. The van der Waals surface area contributed by atoms with E-state index in [0.29, 0.717) is 17.7 Å². The van der Waals surface area contributed by atoms with Crippen LogP contribution < -0.4 is 0 Å². The Kier molecular flexibility index (Phi) is 5.13. The van der Waals surface area contributed by atoms with Crippen molar-refractivity contribution in [1.29, 1.82) is 0 Å². The zero-order chi connectivity index (χ0) is 18.0. The zero-order valence-electron chi connectivity index (χ0n) is 15.2. The minimum absolute atomic E-state index is 0.00292. The number of nitrogens with zero attached hydrogens (tertiary/aromatic N) is 2. The van der Waals surface area contributed by atoms with Gasteiger partial charge in [0, 0.05) is 18.7 Å². The maximum atomic E-state index is 13.3. The predicted octanol–water partition coefficient (Wildman–Crippen LogP) is 2.97. The summed E-state index contributed by atoms with van der Waals surface area (Å²) in [5.41, 5.74) is 0.663. The van der Waals surface area contributed by atoms with Crippen molar-refractivity contribution >= 4 is 11.9 Å². The van der Waals surface area contributed by atoms with E-state index in [9.17, 15) is 14.7 Å². The van der Waals surface area contributed by atoms with E-state index in [1.807, 2.05) is 42.1 Å². The van der Waals surface area contributed by atoms with Crippen LogP contribution >= 0.6 is 0 Å². The van der Waals surface area contributed by atoms with Crippen molar-refractivity contribution < 1.29 is 14.7 Å². The summed E-state index contributed by atoms with van der Waals surface area (Å²) in [4.78, 5) is 29.6. The molecule has 1 atom stereocenters. The smallest absolute Gasteiger partial charge is 0.313 e. The molecule has 3 rings (SSSR count). The fraction of sp³-hybridized carbons (Fsp3) is 0.600. The lowest BCUT2D eigenvalue weighted by molar-refractivity contribution is -0.143. The van der Waals surface area contributed by atoms with Crippen molar-refractivity contribution in [3.8, 4) is 0 Å². The van der Waals surface area contributed by atoms with E-state index in [2.05, 4.69) is 0 Å². The Labute approximate surface area is 149 Å². The number of carboxylic acid groups (broad SMARTS) is 1. The summed E-state index contributed by atoms with van der Waals surface area (Å²) in [6.07, 6.45) is 5.75. The van der Waals surface area contributed by atoms with E-state index in [-0.39, 0.29) is 5.91 Å². The van der Waals surface area contributed by atoms with Gasteiger partial charge in [-0.3, -0.25) is 9.59 Å². The molecule has 1 aliphatic heterocycles. The van der Waals surface area contributed by atoms with E-state index in [4.69, 9.17) is 0 Å². The molecule has 5 heteroatoms. The number of rotatable bonds is 4. The average Bonchev–Trinajstić information content (AvgIpc) is 2.81. The fourth-order valence-electron chi connectivity index (χ4n) is 4.62. The van der Waals surface area contributed by atoms with Gasteiger partial charge in [-0.25, -0.2) is 0 Å². The molecule has 1 N–H and O–H groups in total. The molecule has 0 aromatic heterocycles. The Balaban J connectivity index is 2.13. The predicted molar refractivity (Wildman–Crippen MR) is 96.8 cm³/mol. The molecule has 0 radical (unpaired) electrons. The highest BCUT2D eigenvalue weighted by atomic mass is 16.4. The molecule has 0 bridgehead atoms. The summed E-state index contributed by atoms with van der Waals surface area (Å²) in [5.74, 6) is -1.45. The summed E-state index contributed by atoms with van der Waals surface area (Å²) in [6, 6.07) is 7.29. The third kappa shape index (κ3) is 3.17. The number of aliphatic carboxylic acids is 1. The zero-order valence-corrected chi connectivity index (χ0v) is 15.2. The highest BCUT2D eigenvalue weighted by Crippen LogP contribution is 2.48. The summed E-state index contributed by atoms with van der Waals surface area (Å²) in [6.45, 7) is 1.31. The van der Waals surface area contributed by atoms with Crippen molar-refractivity contribution in [2.45, 2.75) is 50.0 Å². The van der Waals surface area contributed by atoms with Gasteiger partial charge in [0.15, 0.2) is 0 Å². The minimum atomic E-state index is -0.809. The molecular formula is C20H28N2O3. The minimum Gasteiger partial charge on any atom is -0.481 e. The van der Waals surface area contributed by atoms with Crippen LogP contribution in [0, 0.1) is 0 Å². The molecule has 1 aliphatic carbocycles. The maximum absolute atomic E-state index is 13.3. The lowest BCUT2D eigenvalue weighted by atomic mass is 9.68. The normalized spacial score (nSPS) is 22.8. The Morgan fingerprint density at radius 1 is 1.20 bits per heavy atom. The van der Waals surface area contributed by atoms with Gasteiger partial charge >= 0.3 is 5.97 Å². The largest absolute Gasteiger partial charge is 0.481 e. The second-order valence-electron chi connectivity index (χ2n) is 7.64. The van der Waals surface area contributed by atoms with Gasteiger partial charge in [-0.05, 0) is 38.6 Å². The van der Waals surface area contributed by atoms with Crippen molar-refractivity contribution in [2.24, 2.45) is 0 Å². The number of carbonyl (C=O) groups is 2. The van der Waals surface area contributed by atoms with Crippen molar-refractivity contribution in [3.63, 3.8) is 0 Å². The molecular weight excluding hydrogens is 316 g/mol. The molecule has 1 saturated carbocycles. The highest BCUT2D eigenvalue weighted by Gasteiger charge is 2.54. The molecule has 1 spiro atoms. The van der Waals surface area contributed by atoms with Gasteiger partial charge in [0.05, 0.1) is 5.54 Å². The number of likely N-dealkylation sites (N-methyl/N-ethyl adjacent to an activating group) is 1. The van der Waals surface area contributed by atoms with Gasteiger partial charge < -0.3 is 14.9 Å². The Bertz CT molecular complexity index is 648. The number of carbonyl (C=O) groups excluding carboxylic acids is 1. The second kappa shape index (κ2) is 7.16. The standard InChI is InChI=1S/C20H28N2O3/c1-21(2)13-14-22-18(23)16-10-6-5-9-15(16)17(19(24)25)20(22)11-7-3-4-8-12-20/h5-6,9-10,17H,3-4,7-8,11-14H2,1-2H3,(H,24,25). The third-order valence-corrected chi connectivity index (χ3v) is 5.81. The molecule has 2 aliphatic rings. The Morgan fingerprint density at radius 2 is 1.84 bits per heavy atom. The Hall–Kier alpha value is -1.88. The van der Waals surface area contributed by atoms with Crippen LogP contribution in [0.2, 0.25) is 0 Å². The van der Waals surface area contributed by atoms with Crippen molar-refractivity contribution in [3.05, 3.63) is 35.4 Å². The van der Waals surface area contributed by atoms with Crippen LogP contribution in [-0.4, -0.2) is 59.5 Å². The molecule has 136 valence electrons. The number of hydrogen-bond donors (Lipinski definition) is 1. The molecule has 5 nitrogen and oxygen atoms in total. The number of carboxylic acids is 1. The summed E-state index contributed by atoms with van der Waals surface area (Å²) < 4.78 is 0. The van der Waals surface area contributed by atoms with E-state index < -0.39 is 17.4 Å². The maximum Gasteiger partial charge on any atom is 0.313 e. The molecule has 25 heavy (non-hydrogen) atoms. The SMILES string of the molecule is CN(C)CCN1C(=O)c2ccccc2C(C(=O)O)C12CCCCCC2. The first kappa shape index (κ1) is 17.9. The molecule has 1 fully saturated rings. The average molecular weight is 344 g/mol. The van der Waals surface area contributed by atoms with Crippen molar-refractivity contribution in [1.82, 2.24) is 9.80 Å². The lowest BCUT2D eigenvalue weighted by Gasteiger charge is -2.51. The first-order valence-electron chi connectivity index (χ1n) is 9.26. The number of benzene rings is 1. The van der Waals surface area contributed by atoms with Crippen LogP contribution in [0.5, 0.6) is 0 Å². The van der Waals surface area contributed by atoms with E-state index >= 15 is 0 Å². The number of amides is 1. The summed E-state index contributed by atoms with van der Waals surface area (Å²) in [7, 11) is 3.97. The highest BCUT2D eigenvalue weighted by molar-refractivity contribution is 6.01. The monoisotopic (exact) mass is 344 g/mol. The van der Waals surface area contributed by atoms with Crippen LogP contribution in [-0.2, 0) is 4.79 Å². The first-order chi connectivity index (χ1) is 12.0. The van der Waals surface area contributed by atoms with Crippen LogP contribution in [0.4, 0.5) is 0 Å². The fourth-order valence-corrected chi connectivity index (χ4v) is 4.62. The Morgan fingerprint density at radius 3 is 2.44 bits per heavy atom. The summed E-state index contributed by atoms with van der Waals surface area (Å²) in [5, 5.41) is 10.1. The topological polar surface area (TPSA) is 60.9 Å². The van der Waals surface area contributed by atoms with Gasteiger partial charge in [-0.15, -0.1) is 0 Å². The van der Waals surface area contributed by atoms with Crippen LogP contribution in [0.1, 0.15) is 60.4 Å². The van der Waals surface area contributed by atoms with Crippen LogP contribution in [0.25, 0.3) is 0 Å². The van der Waals surface area contributed by atoms with Gasteiger partial charge in [0.2, 0.25) is 0 Å². The van der Waals surface area contributed by atoms with Crippen LogP contribution in [0.3, 0.4) is 0 Å².